The number of aromatic hydroxyl groups is 1. The van der Waals surface area contributed by atoms with Gasteiger partial charge in [-0.05, 0) is 58.0 Å². The highest BCUT2D eigenvalue weighted by molar-refractivity contribution is 5.98. The Balaban J connectivity index is 1.56. The number of ether oxygens (including phenoxy) is 1. The maximum absolute atomic E-state index is 12.4. The third kappa shape index (κ3) is 4.25. The second-order valence-corrected chi connectivity index (χ2v) is 7.05. The molecule has 0 spiro atoms. The van der Waals surface area contributed by atoms with Crippen LogP contribution in [0.2, 0.25) is 0 Å². The van der Waals surface area contributed by atoms with Gasteiger partial charge in [0.1, 0.15) is 11.5 Å². The van der Waals surface area contributed by atoms with Crippen LogP contribution >= 0.6 is 0 Å². The Kier molecular flexibility index (Phi) is 5.61. The summed E-state index contributed by atoms with van der Waals surface area (Å²) >= 11 is 0. The molecule has 0 saturated carbocycles. The molecule has 0 bridgehead atoms. The predicted molar refractivity (Wildman–Crippen MR) is 117 cm³/mol. The lowest BCUT2D eigenvalue weighted by atomic mass is 9.96. The summed E-state index contributed by atoms with van der Waals surface area (Å²) in [6, 6.07) is 20.7. The fourth-order valence-corrected chi connectivity index (χ4v) is 3.50. The Labute approximate surface area is 175 Å². The number of carbonyl (C=O) groups is 1. The van der Waals surface area contributed by atoms with Crippen molar-refractivity contribution in [1.82, 2.24) is 10.3 Å². The van der Waals surface area contributed by atoms with Crippen molar-refractivity contribution in [3.8, 4) is 22.6 Å². The van der Waals surface area contributed by atoms with Gasteiger partial charge < -0.3 is 15.2 Å². The molecule has 0 radical (unpaired) electrons. The van der Waals surface area contributed by atoms with Crippen molar-refractivity contribution < 1.29 is 14.6 Å². The van der Waals surface area contributed by atoms with Crippen LogP contribution in [-0.2, 0) is 17.8 Å². The zero-order valence-electron chi connectivity index (χ0n) is 16.6. The molecule has 5 heteroatoms. The maximum Gasteiger partial charge on any atom is 0.224 e. The van der Waals surface area contributed by atoms with E-state index in [0.29, 0.717) is 6.54 Å². The van der Waals surface area contributed by atoms with E-state index < -0.39 is 0 Å². The molecule has 0 aliphatic heterocycles. The molecule has 1 amide bonds. The summed E-state index contributed by atoms with van der Waals surface area (Å²) in [5, 5.41) is 14.4. The number of methoxy groups -OCH3 is 1. The van der Waals surface area contributed by atoms with Crippen LogP contribution in [0.25, 0.3) is 21.9 Å². The monoisotopic (exact) mass is 398 g/mol. The number of benzene rings is 3. The number of pyridine rings is 1. The molecule has 3 aromatic carbocycles. The Morgan fingerprint density at radius 1 is 1.03 bits per heavy atom. The van der Waals surface area contributed by atoms with Gasteiger partial charge >= 0.3 is 0 Å². The van der Waals surface area contributed by atoms with Crippen LogP contribution < -0.4 is 10.1 Å². The van der Waals surface area contributed by atoms with Crippen LogP contribution in [-0.4, -0.2) is 23.1 Å². The Morgan fingerprint density at radius 2 is 1.87 bits per heavy atom. The standard InChI is InChI=1S/C25H22N2O3/c1-30-21-4-2-3-18(14-21)22-10-7-19(24-16-26-12-11-23(22)24)15-27-25(29)13-17-5-8-20(28)9-6-17/h2-12,14,16,28H,13,15H2,1H3,(H,27,29). The van der Waals surface area contributed by atoms with Gasteiger partial charge in [-0.3, -0.25) is 9.78 Å². The molecule has 0 unspecified atom stereocenters. The number of nitrogens with one attached hydrogen (secondary N) is 1. The zero-order valence-corrected chi connectivity index (χ0v) is 16.6. The summed E-state index contributed by atoms with van der Waals surface area (Å²) in [5.41, 5.74) is 4.01. The van der Waals surface area contributed by atoms with E-state index in [1.807, 2.05) is 36.5 Å². The first-order valence-electron chi connectivity index (χ1n) is 9.68. The summed E-state index contributed by atoms with van der Waals surface area (Å²) in [6.07, 6.45) is 3.87. The zero-order chi connectivity index (χ0) is 20.9. The summed E-state index contributed by atoms with van der Waals surface area (Å²) in [6.45, 7) is 0.414. The van der Waals surface area contributed by atoms with Crippen LogP contribution in [0.3, 0.4) is 0 Å². The van der Waals surface area contributed by atoms with Crippen molar-refractivity contribution >= 4 is 16.7 Å². The van der Waals surface area contributed by atoms with Crippen LogP contribution in [0, 0.1) is 0 Å². The molecule has 1 aromatic heterocycles. The molecular weight excluding hydrogens is 376 g/mol. The number of amides is 1. The number of nitrogens with zero attached hydrogens (tertiary/aromatic N) is 1. The normalized spacial score (nSPS) is 10.7. The molecule has 150 valence electrons. The summed E-state index contributed by atoms with van der Waals surface area (Å²) in [7, 11) is 1.66. The fraction of sp³-hybridized carbons (Fsp3) is 0.120. The number of fused-ring (bicyclic) bond motifs is 1. The van der Waals surface area contributed by atoms with E-state index in [9.17, 15) is 9.90 Å². The van der Waals surface area contributed by atoms with Gasteiger partial charge in [-0.25, -0.2) is 0 Å². The van der Waals surface area contributed by atoms with E-state index in [1.54, 1.807) is 37.6 Å². The smallest absolute Gasteiger partial charge is 0.224 e. The lowest BCUT2D eigenvalue weighted by Gasteiger charge is -2.13. The van der Waals surface area contributed by atoms with E-state index in [0.717, 1.165) is 38.8 Å². The molecule has 4 rings (SSSR count). The second kappa shape index (κ2) is 8.66. The number of hydrogen-bond donors (Lipinski definition) is 2. The maximum atomic E-state index is 12.4. The topological polar surface area (TPSA) is 71.5 Å². The van der Waals surface area contributed by atoms with E-state index in [-0.39, 0.29) is 18.1 Å². The largest absolute Gasteiger partial charge is 0.508 e. The van der Waals surface area contributed by atoms with Gasteiger partial charge in [0.2, 0.25) is 5.91 Å². The van der Waals surface area contributed by atoms with Crippen LogP contribution in [0.1, 0.15) is 11.1 Å². The highest BCUT2D eigenvalue weighted by Crippen LogP contribution is 2.32. The van der Waals surface area contributed by atoms with Crippen molar-refractivity contribution in [2.75, 3.05) is 7.11 Å². The van der Waals surface area contributed by atoms with Gasteiger partial charge in [-0.1, -0.05) is 36.4 Å². The van der Waals surface area contributed by atoms with Crippen LogP contribution in [0.4, 0.5) is 0 Å². The summed E-state index contributed by atoms with van der Waals surface area (Å²) < 4.78 is 5.36. The molecule has 0 aliphatic carbocycles. The number of rotatable bonds is 6. The number of hydrogen-bond acceptors (Lipinski definition) is 4. The molecule has 0 aliphatic rings. The summed E-state index contributed by atoms with van der Waals surface area (Å²) in [5.74, 6) is 0.920. The molecule has 0 saturated heterocycles. The first-order chi connectivity index (χ1) is 14.6. The predicted octanol–water partition coefficient (Wildman–Crippen LogP) is 4.47. The molecule has 0 atom stereocenters. The Morgan fingerprint density at radius 3 is 2.67 bits per heavy atom. The third-order valence-corrected chi connectivity index (χ3v) is 5.07. The van der Waals surface area contributed by atoms with E-state index in [4.69, 9.17) is 4.74 Å². The van der Waals surface area contributed by atoms with Crippen molar-refractivity contribution in [2.24, 2.45) is 0 Å². The molecule has 4 aromatic rings. The SMILES string of the molecule is COc1cccc(-c2ccc(CNC(=O)Cc3ccc(O)cc3)c3cnccc23)c1. The molecule has 5 nitrogen and oxygen atoms in total. The molecule has 30 heavy (non-hydrogen) atoms. The minimum absolute atomic E-state index is 0.0744. The minimum Gasteiger partial charge on any atom is -0.508 e. The van der Waals surface area contributed by atoms with Gasteiger partial charge in [0.15, 0.2) is 0 Å². The molecule has 2 N–H and O–H groups in total. The number of carbonyl (C=O) groups excluding carboxylic acids is 1. The van der Waals surface area contributed by atoms with Crippen molar-refractivity contribution in [2.45, 2.75) is 13.0 Å². The van der Waals surface area contributed by atoms with E-state index in [1.165, 1.54) is 0 Å². The van der Waals surface area contributed by atoms with Crippen molar-refractivity contribution in [1.29, 1.82) is 0 Å². The first kappa shape index (κ1) is 19.5. The molecule has 0 fully saturated rings. The van der Waals surface area contributed by atoms with Gasteiger partial charge in [-0.15, -0.1) is 0 Å². The van der Waals surface area contributed by atoms with Crippen LogP contribution in [0.5, 0.6) is 11.5 Å². The Bertz CT molecular complexity index is 1190. The van der Waals surface area contributed by atoms with Gasteiger partial charge in [0.05, 0.1) is 13.5 Å². The summed E-state index contributed by atoms with van der Waals surface area (Å²) in [4.78, 5) is 16.6. The number of phenols is 1. The Hall–Kier alpha value is -3.86. The third-order valence-electron chi connectivity index (χ3n) is 5.07. The number of phenolic OH excluding ortho intramolecular Hbond substituents is 1. The highest BCUT2D eigenvalue weighted by Gasteiger charge is 2.10. The average molecular weight is 398 g/mol. The second-order valence-electron chi connectivity index (χ2n) is 7.05. The first-order valence-corrected chi connectivity index (χ1v) is 9.68. The lowest BCUT2D eigenvalue weighted by molar-refractivity contribution is -0.120. The van der Waals surface area contributed by atoms with Gasteiger partial charge in [-0.2, -0.15) is 0 Å². The van der Waals surface area contributed by atoms with Gasteiger partial charge in [0, 0.05) is 24.3 Å². The van der Waals surface area contributed by atoms with Crippen molar-refractivity contribution in [3.63, 3.8) is 0 Å². The van der Waals surface area contributed by atoms with Crippen molar-refractivity contribution in [3.05, 3.63) is 90.3 Å². The fourth-order valence-electron chi connectivity index (χ4n) is 3.50. The van der Waals surface area contributed by atoms with E-state index >= 15 is 0 Å². The quantitative estimate of drug-likeness (QED) is 0.503. The molecular formula is C25H22N2O3. The minimum atomic E-state index is -0.0744. The van der Waals surface area contributed by atoms with E-state index in [2.05, 4.69) is 22.4 Å². The van der Waals surface area contributed by atoms with Gasteiger partial charge in [0.25, 0.3) is 0 Å². The molecule has 1 heterocycles. The lowest BCUT2D eigenvalue weighted by Crippen LogP contribution is -2.24. The average Bonchev–Trinajstić information content (AvgIpc) is 2.79. The van der Waals surface area contributed by atoms with Crippen LogP contribution in [0.15, 0.2) is 79.1 Å². The highest BCUT2D eigenvalue weighted by atomic mass is 16.5. The number of aromatic nitrogens is 1.